The molecule has 0 saturated carbocycles. The molecule has 0 aromatic heterocycles. The van der Waals surface area contributed by atoms with Gasteiger partial charge in [0.25, 0.3) is 0 Å². The van der Waals surface area contributed by atoms with E-state index in [1.54, 1.807) is 0 Å². The second-order valence-corrected chi connectivity index (χ2v) is 4.06. The van der Waals surface area contributed by atoms with Crippen molar-refractivity contribution in [2.75, 3.05) is 0 Å². The van der Waals surface area contributed by atoms with Crippen LogP contribution in [0.5, 0.6) is 0 Å². The zero-order chi connectivity index (χ0) is 9.40. The Labute approximate surface area is 78.8 Å². The molecule has 0 amide bonds. The normalized spacial score (nSPS) is 13.8. The van der Waals surface area contributed by atoms with Crippen LogP contribution in [0.25, 0.3) is 0 Å². The van der Waals surface area contributed by atoms with E-state index in [4.69, 9.17) is 0 Å². The van der Waals surface area contributed by atoms with Crippen LogP contribution in [0.3, 0.4) is 0 Å². The zero-order valence-electron chi connectivity index (χ0n) is 8.81. The fourth-order valence-corrected chi connectivity index (χ4v) is 1.27. The van der Waals surface area contributed by atoms with Crippen molar-refractivity contribution in [2.24, 2.45) is 11.8 Å². The Balaban J connectivity index is 3.08. The third kappa shape index (κ3) is 6.69. The molecule has 72 valence electrons. The van der Waals surface area contributed by atoms with E-state index in [-0.39, 0.29) is 0 Å². The van der Waals surface area contributed by atoms with Gasteiger partial charge in [0.15, 0.2) is 0 Å². The molecule has 0 saturated heterocycles. The number of hydrogen-bond acceptors (Lipinski definition) is 0. The Kier molecular flexibility index (Phi) is 7.64. The highest BCUT2D eigenvalue weighted by molar-refractivity contribution is 4.64. The van der Waals surface area contributed by atoms with Gasteiger partial charge in [-0.25, -0.2) is 0 Å². The molecule has 0 aliphatic rings. The molecule has 0 aliphatic carbocycles. The van der Waals surface area contributed by atoms with E-state index in [1.165, 1.54) is 32.1 Å². The average molecular weight is 168 g/mol. The van der Waals surface area contributed by atoms with Gasteiger partial charge in [-0.1, -0.05) is 59.3 Å². The van der Waals surface area contributed by atoms with E-state index < -0.39 is 0 Å². The van der Waals surface area contributed by atoms with E-state index in [2.05, 4.69) is 27.7 Å². The maximum absolute atomic E-state index is 4.14. The van der Waals surface area contributed by atoms with Gasteiger partial charge in [0.1, 0.15) is 0 Å². The third-order valence-corrected chi connectivity index (χ3v) is 2.52. The Morgan fingerprint density at radius 1 is 1.00 bits per heavy atom. The predicted molar refractivity (Wildman–Crippen MR) is 56.7 cm³/mol. The molecule has 1 unspecified atom stereocenters. The van der Waals surface area contributed by atoms with Crippen molar-refractivity contribution in [2.45, 2.75) is 52.4 Å². The van der Waals surface area contributed by atoms with Gasteiger partial charge >= 0.3 is 0 Å². The predicted octanol–water partition coefficient (Wildman–Crippen LogP) is 4.27. The molecule has 0 fully saturated rings. The maximum atomic E-state index is 4.14. The minimum absolute atomic E-state index is 0.657. The Bertz CT molecular complexity index is 84.0. The zero-order valence-corrected chi connectivity index (χ0v) is 8.81. The third-order valence-electron chi connectivity index (χ3n) is 2.52. The molecule has 0 rings (SSSR count). The van der Waals surface area contributed by atoms with E-state index >= 15 is 0 Å². The summed E-state index contributed by atoms with van der Waals surface area (Å²) in [6, 6.07) is 0. The largest absolute Gasteiger partial charge is 0.0625 e. The summed E-state index contributed by atoms with van der Waals surface area (Å²) in [5, 5.41) is 0. The lowest BCUT2D eigenvalue weighted by Gasteiger charge is -2.14. The van der Waals surface area contributed by atoms with Gasteiger partial charge in [0, 0.05) is 0 Å². The van der Waals surface area contributed by atoms with Gasteiger partial charge in [-0.2, -0.15) is 0 Å². The summed E-state index contributed by atoms with van der Waals surface area (Å²) in [7, 11) is 0. The topological polar surface area (TPSA) is 0 Å². The average Bonchev–Trinajstić information content (AvgIpc) is 2.03. The quantitative estimate of drug-likeness (QED) is 0.498. The summed E-state index contributed by atoms with van der Waals surface area (Å²) in [6.07, 6.45) is 7.77. The standard InChI is InChI=1S/C12H24/c1-5-6-7-8-9-10-12(4)11(2)3/h11-12H,1,4-10H2,2-3H3. The highest BCUT2D eigenvalue weighted by Gasteiger charge is 2.05. The molecular weight excluding hydrogens is 144 g/mol. The number of unbranched alkanes of at least 4 members (excludes halogenated alkanes) is 4. The van der Waals surface area contributed by atoms with Crippen LogP contribution in [-0.4, -0.2) is 0 Å². The SMILES string of the molecule is [CH2]CCCCCCC([CH2])C(C)C. The lowest BCUT2D eigenvalue weighted by molar-refractivity contribution is 0.412. The maximum Gasteiger partial charge on any atom is -0.0391 e. The van der Waals surface area contributed by atoms with Gasteiger partial charge in [0.05, 0.1) is 0 Å². The highest BCUT2D eigenvalue weighted by atomic mass is 14.1. The second-order valence-electron chi connectivity index (χ2n) is 4.06. The fraction of sp³-hybridized carbons (Fsp3) is 0.833. The van der Waals surface area contributed by atoms with Crippen molar-refractivity contribution >= 4 is 0 Å². The summed E-state index contributed by atoms with van der Waals surface area (Å²) < 4.78 is 0. The smallest absolute Gasteiger partial charge is 0.0391 e. The number of hydrogen-bond donors (Lipinski definition) is 0. The minimum atomic E-state index is 0.657. The molecule has 12 heavy (non-hydrogen) atoms. The molecular formula is C12H24. The van der Waals surface area contributed by atoms with Crippen molar-refractivity contribution in [1.82, 2.24) is 0 Å². The first-order valence-corrected chi connectivity index (χ1v) is 5.30. The van der Waals surface area contributed by atoms with Crippen LogP contribution in [0.4, 0.5) is 0 Å². The summed E-state index contributed by atoms with van der Waals surface area (Å²) in [6.45, 7) is 12.5. The second kappa shape index (κ2) is 7.64. The van der Waals surface area contributed by atoms with E-state index in [9.17, 15) is 0 Å². The monoisotopic (exact) mass is 168 g/mol. The molecule has 2 radical (unpaired) electrons. The lowest BCUT2D eigenvalue weighted by atomic mass is 9.92. The first-order chi connectivity index (χ1) is 5.68. The Morgan fingerprint density at radius 3 is 2.08 bits per heavy atom. The van der Waals surface area contributed by atoms with Crippen molar-refractivity contribution in [1.29, 1.82) is 0 Å². The molecule has 0 heterocycles. The van der Waals surface area contributed by atoms with Crippen molar-refractivity contribution < 1.29 is 0 Å². The minimum Gasteiger partial charge on any atom is -0.0625 e. The van der Waals surface area contributed by atoms with Crippen LogP contribution in [0.15, 0.2) is 0 Å². The molecule has 0 aromatic rings. The van der Waals surface area contributed by atoms with Crippen LogP contribution >= 0.6 is 0 Å². The van der Waals surface area contributed by atoms with Gasteiger partial charge in [-0.05, 0) is 18.8 Å². The summed E-state index contributed by atoms with van der Waals surface area (Å²) in [4.78, 5) is 0. The van der Waals surface area contributed by atoms with Crippen molar-refractivity contribution in [3.8, 4) is 0 Å². The Morgan fingerprint density at radius 2 is 1.58 bits per heavy atom. The van der Waals surface area contributed by atoms with Crippen molar-refractivity contribution in [3.63, 3.8) is 0 Å². The van der Waals surface area contributed by atoms with Crippen LogP contribution in [0, 0.1) is 25.7 Å². The van der Waals surface area contributed by atoms with Gasteiger partial charge in [-0.3, -0.25) is 0 Å². The van der Waals surface area contributed by atoms with Crippen LogP contribution in [-0.2, 0) is 0 Å². The lowest BCUT2D eigenvalue weighted by Crippen LogP contribution is -2.03. The molecule has 0 heteroatoms. The first kappa shape index (κ1) is 12.0. The van der Waals surface area contributed by atoms with Crippen molar-refractivity contribution in [3.05, 3.63) is 13.8 Å². The highest BCUT2D eigenvalue weighted by Crippen LogP contribution is 2.17. The summed E-state index contributed by atoms with van der Waals surface area (Å²) in [5.74, 6) is 1.41. The molecule has 0 spiro atoms. The van der Waals surface area contributed by atoms with Gasteiger partial charge in [-0.15, -0.1) is 0 Å². The van der Waals surface area contributed by atoms with E-state index in [0.29, 0.717) is 5.92 Å². The summed E-state index contributed by atoms with van der Waals surface area (Å²) >= 11 is 0. The number of rotatable bonds is 7. The Hall–Kier alpha value is 0. The first-order valence-electron chi connectivity index (χ1n) is 5.30. The molecule has 1 atom stereocenters. The molecule has 0 nitrogen and oxygen atoms in total. The van der Waals surface area contributed by atoms with Gasteiger partial charge < -0.3 is 0 Å². The van der Waals surface area contributed by atoms with Crippen LogP contribution in [0.2, 0.25) is 0 Å². The van der Waals surface area contributed by atoms with Crippen LogP contribution in [0.1, 0.15) is 52.4 Å². The summed E-state index contributed by atoms with van der Waals surface area (Å²) in [5.41, 5.74) is 0. The van der Waals surface area contributed by atoms with E-state index in [1.807, 2.05) is 0 Å². The molecule has 0 aliphatic heterocycles. The molecule has 0 aromatic carbocycles. The van der Waals surface area contributed by atoms with Gasteiger partial charge in [0.2, 0.25) is 0 Å². The van der Waals surface area contributed by atoms with Crippen LogP contribution < -0.4 is 0 Å². The molecule has 0 bridgehead atoms. The molecule has 0 N–H and O–H groups in total. The fourth-order valence-electron chi connectivity index (χ4n) is 1.27. The van der Waals surface area contributed by atoms with E-state index in [0.717, 1.165) is 12.3 Å².